The summed E-state index contributed by atoms with van der Waals surface area (Å²) in [6.07, 6.45) is 12.0. The molecule has 9 atom stereocenters. The van der Waals surface area contributed by atoms with Gasteiger partial charge in [0.2, 0.25) is 0 Å². The summed E-state index contributed by atoms with van der Waals surface area (Å²) in [4.78, 5) is 22.9. The van der Waals surface area contributed by atoms with Crippen LogP contribution in [0.4, 0.5) is 4.79 Å². The number of hydrogen-bond donors (Lipinski definition) is 2. The number of rotatable bonds is 3. The molecule has 0 aliphatic heterocycles. The van der Waals surface area contributed by atoms with E-state index in [2.05, 4.69) is 11.7 Å². The second kappa shape index (κ2) is 6.21. The van der Waals surface area contributed by atoms with E-state index in [4.69, 9.17) is 5.11 Å². The number of carbonyl (C=O) groups excluding carboxylic acids is 1. The molecule has 6 aliphatic rings. The number of carboxylic acid groups (broad SMARTS) is 1. The van der Waals surface area contributed by atoms with Crippen LogP contribution in [0.15, 0.2) is 24.0 Å². The molecule has 0 heterocycles. The molecule has 5 nitrogen and oxygen atoms in total. The minimum Gasteiger partial charge on any atom is -0.449 e. The Labute approximate surface area is 177 Å². The van der Waals surface area contributed by atoms with Crippen LogP contribution in [0, 0.1) is 52.8 Å². The molecule has 30 heavy (non-hydrogen) atoms. The Bertz CT molecular complexity index is 856. The summed E-state index contributed by atoms with van der Waals surface area (Å²) in [6, 6.07) is 0. The van der Waals surface area contributed by atoms with Gasteiger partial charge in [0.1, 0.15) is 0 Å². The van der Waals surface area contributed by atoms with Gasteiger partial charge in [-0.2, -0.15) is 0 Å². The fourth-order valence-electron chi connectivity index (χ4n) is 8.83. The first-order chi connectivity index (χ1) is 14.3. The molecule has 2 N–H and O–H groups in total. The Morgan fingerprint density at radius 1 is 1.20 bits per heavy atom. The lowest BCUT2D eigenvalue weighted by Crippen LogP contribution is -2.56. The monoisotopic (exact) mass is 412 g/mol. The van der Waals surface area contributed by atoms with Crippen molar-refractivity contribution in [1.82, 2.24) is 0 Å². The molecule has 0 aromatic rings. The smallest absolute Gasteiger partial charge is 0.449 e. The minimum atomic E-state index is -1.34. The second-order valence-corrected chi connectivity index (χ2v) is 11.3. The van der Waals surface area contributed by atoms with Crippen LogP contribution in [0.1, 0.15) is 58.3 Å². The zero-order valence-electron chi connectivity index (χ0n) is 17.6. The van der Waals surface area contributed by atoms with E-state index in [-0.39, 0.29) is 11.3 Å². The van der Waals surface area contributed by atoms with Crippen molar-refractivity contribution >= 4 is 11.9 Å². The Balaban J connectivity index is 1.37. The third kappa shape index (κ3) is 2.50. The first-order valence-corrected chi connectivity index (χ1v) is 11.9. The lowest BCUT2D eigenvalue weighted by molar-refractivity contribution is -0.130. The van der Waals surface area contributed by atoms with Crippen LogP contribution in [0.2, 0.25) is 0 Å². The zero-order valence-corrected chi connectivity index (χ0v) is 17.6. The summed E-state index contributed by atoms with van der Waals surface area (Å²) < 4.78 is 4.65. The molecule has 5 saturated carbocycles. The fourth-order valence-corrected chi connectivity index (χ4v) is 8.83. The van der Waals surface area contributed by atoms with Gasteiger partial charge >= 0.3 is 6.16 Å². The van der Waals surface area contributed by atoms with Gasteiger partial charge in [-0.05, 0) is 104 Å². The molecule has 0 radical (unpaired) electrons. The van der Waals surface area contributed by atoms with Crippen LogP contribution < -0.4 is 0 Å². The van der Waals surface area contributed by atoms with Crippen molar-refractivity contribution in [3.05, 3.63) is 24.0 Å². The summed E-state index contributed by atoms with van der Waals surface area (Å²) in [6.45, 7) is 2.25. The van der Waals surface area contributed by atoms with Crippen molar-refractivity contribution in [2.45, 2.75) is 63.9 Å². The van der Waals surface area contributed by atoms with Crippen molar-refractivity contribution in [2.75, 3.05) is 0 Å². The molecule has 5 heteroatoms. The second-order valence-electron chi connectivity index (χ2n) is 11.3. The number of allylic oxidation sites excluding steroid dienone is 1. The largest absolute Gasteiger partial charge is 0.510 e. The van der Waals surface area contributed by atoms with Crippen LogP contribution in [-0.4, -0.2) is 27.8 Å². The number of carbonyl (C=O) groups is 2. The molecule has 5 fully saturated rings. The van der Waals surface area contributed by atoms with E-state index in [9.17, 15) is 14.7 Å². The van der Waals surface area contributed by atoms with E-state index >= 15 is 0 Å². The van der Waals surface area contributed by atoms with Crippen LogP contribution in [-0.2, 0) is 9.53 Å². The predicted octanol–water partition coefficient (Wildman–Crippen LogP) is 4.56. The molecule has 162 valence electrons. The highest BCUT2D eigenvalue weighted by Gasteiger charge is 2.76. The molecule has 0 aromatic carbocycles. The zero-order chi connectivity index (χ0) is 20.8. The standard InChI is InChI=1S/C25H32O5/c1-24-7-6-17-16-5-4-15(26)10-14(16)11-18(13-2-3-13)21(17)22(24)19-12-20(19)25(24,29)8-9-30-23(27)28/h8-10,13,16-22,29H,2-7,11-12H2,1H3,(H,27,28)/b9-8-/t16-,17+,18+,19-,20+,21-,22-,24-,25-/m0/s1. The molecule has 0 aromatic heterocycles. The topological polar surface area (TPSA) is 83.8 Å². The van der Waals surface area contributed by atoms with Gasteiger partial charge in [0.25, 0.3) is 0 Å². The molecule has 0 saturated heterocycles. The molecule has 0 unspecified atom stereocenters. The Morgan fingerprint density at radius 3 is 2.73 bits per heavy atom. The summed E-state index contributed by atoms with van der Waals surface area (Å²) in [7, 11) is 0. The molecule has 0 spiro atoms. The number of ether oxygens (including phenoxy) is 1. The van der Waals surface area contributed by atoms with Crippen molar-refractivity contribution < 1.29 is 24.5 Å². The highest BCUT2D eigenvalue weighted by Crippen LogP contribution is 2.77. The molecule has 6 aliphatic carbocycles. The van der Waals surface area contributed by atoms with Crippen molar-refractivity contribution in [1.29, 1.82) is 0 Å². The third-order valence-electron chi connectivity index (χ3n) is 10.1. The average Bonchev–Trinajstić information content (AvgIpc) is 3.59. The number of hydrogen-bond acceptors (Lipinski definition) is 4. The quantitative estimate of drug-likeness (QED) is 0.524. The fraction of sp³-hybridized carbons (Fsp3) is 0.760. The highest BCUT2D eigenvalue weighted by atomic mass is 16.7. The summed E-state index contributed by atoms with van der Waals surface area (Å²) in [5, 5.41) is 20.7. The first kappa shape index (κ1) is 19.1. The molecular weight excluding hydrogens is 380 g/mol. The Hall–Kier alpha value is -1.62. The van der Waals surface area contributed by atoms with E-state index in [1.165, 1.54) is 24.7 Å². The van der Waals surface area contributed by atoms with E-state index < -0.39 is 11.8 Å². The number of fused-ring (bicyclic) bond motifs is 7. The number of ketones is 1. The lowest BCUT2D eigenvalue weighted by Gasteiger charge is -2.59. The lowest BCUT2D eigenvalue weighted by atomic mass is 9.46. The van der Waals surface area contributed by atoms with Crippen LogP contribution >= 0.6 is 0 Å². The predicted molar refractivity (Wildman–Crippen MR) is 109 cm³/mol. The van der Waals surface area contributed by atoms with E-state index in [1.807, 2.05) is 6.08 Å². The minimum absolute atomic E-state index is 0.223. The van der Waals surface area contributed by atoms with Gasteiger partial charge in [0.05, 0.1) is 11.9 Å². The maximum Gasteiger partial charge on any atom is 0.510 e. The maximum atomic E-state index is 12.1. The molecule has 6 rings (SSSR count). The van der Waals surface area contributed by atoms with Crippen LogP contribution in [0.3, 0.4) is 0 Å². The highest BCUT2D eigenvalue weighted by molar-refractivity contribution is 5.91. The third-order valence-corrected chi connectivity index (χ3v) is 10.1. The van der Waals surface area contributed by atoms with Gasteiger partial charge < -0.3 is 14.9 Å². The van der Waals surface area contributed by atoms with Gasteiger partial charge in [-0.25, -0.2) is 4.79 Å². The van der Waals surface area contributed by atoms with Crippen LogP contribution in [0.25, 0.3) is 0 Å². The van der Waals surface area contributed by atoms with Gasteiger partial charge in [0, 0.05) is 11.8 Å². The normalized spacial score (nSPS) is 51.5. The summed E-state index contributed by atoms with van der Waals surface area (Å²) in [5.41, 5.74) is 0.234. The molecule has 0 bridgehead atoms. The van der Waals surface area contributed by atoms with E-state index in [0.29, 0.717) is 47.7 Å². The van der Waals surface area contributed by atoms with E-state index in [0.717, 1.165) is 38.0 Å². The van der Waals surface area contributed by atoms with E-state index in [1.54, 1.807) is 6.08 Å². The molecular formula is C25H32O5. The van der Waals surface area contributed by atoms with Crippen molar-refractivity contribution in [3.63, 3.8) is 0 Å². The SMILES string of the molecule is C[C@]12CC[C@H]3[C@H]([C@@H]1[C@H]1C[C@H]1[C@@]2(O)/C=C\OC(=O)O)[C@@H](C1CC1)CC1=CC(=O)CC[C@@H]13. The van der Waals surface area contributed by atoms with Gasteiger partial charge in [-0.15, -0.1) is 0 Å². The van der Waals surface area contributed by atoms with Crippen molar-refractivity contribution in [2.24, 2.45) is 52.8 Å². The number of aliphatic hydroxyl groups is 1. The van der Waals surface area contributed by atoms with Crippen LogP contribution in [0.5, 0.6) is 0 Å². The first-order valence-electron chi connectivity index (χ1n) is 11.9. The van der Waals surface area contributed by atoms with Gasteiger partial charge in [0.15, 0.2) is 5.78 Å². The summed E-state index contributed by atoms with van der Waals surface area (Å²) in [5.74, 6) is 4.84. The van der Waals surface area contributed by atoms with Gasteiger partial charge in [-0.3, -0.25) is 4.79 Å². The summed E-state index contributed by atoms with van der Waals surface area (Å²) >= 11 is 0. The molecule has 0 amide bonds. The Kier molecular flexibility index (Phi) is 3.95. The Morgan fingerprint density at radius 2 is 2.00 bits per heavy atom. The average molecular weight is 413 g/mol. The van der Waals surface area contributed by atoms with Crippen molar-refractivity contribution in [3.8, 4) is 0 Å². The maximum absolute atomic E-state index is 12.1. The van der Waals surface area contributed by atoms with Gasteiger partial charge in [-0.1, -0.05) is 12.5 Å².